The molecule has 2 aromatic carbocycles. The van der Waals surface area contributed by atoms with Gasteiger partial charge in [0.1, 0.15) is 5.82 Å². The average molecular weight is 255 g/mol. The number of carbonyl (C=O) groups excluding carboxylic acids is 1. The van der Waals surface area contributed by atoms with Gasteiger partial charge < -0.3 is 4.74 Å². The van der Waals surface area contributed by atoms with Gasteiger partial charge >= 0.3 is 5.97 Å². The van der Waals surface area contributed by atoms with Gasteiger partial charge in [0.05, 0.1) is 24.3 Å². The molecule has 0 radical (unpaired) electrons. The van der Waals surface area contributed by atoms with Gasteiger partial charge in [-0.15, -0.1) is 0 Å². The van der Waals surface area contributed by atoms with E-state index in [0.29, 0.717) is 16.7 Å². The van der Waals surface area contributed by atoms with Crippen LogP contribution in [0.25, 0.3) is 11.1 Å². The fourth-order valence-corrected chi connectivity index (χ4v) is 1.75. The van der Waals surface area contributed by atoms with E-state index >= 15 is 0 Å². The molecular formula is C15H10FNO2. The van der Waals surface area contributed by atoms with Gasteiger partial charge in [-0.2, -0.15) is 5.26 Å². The summed E-state index contributed by atoms with van der Waals surface area (Å²) in [5.74, 6) is -1.12. The molecular weight excluding hydrogens is 245 g/mol. The highest BCUT2D eigenvalue weighted by atomic mass is 19.1. The number of hydrogen-bond acceptors (Lipinski definition) is 3. The molecule has 0 saturated heterocycles. The van der Waals surface area contributed by atoms with Crippen LogP contribution in [0.3, 0.4) is 0 Å². The van der Waals surface area contributed by atoms with Crippen LogP contribution in [-0.4, -0.2) is 13.1 Å². The first-order valence-electron chi connectivity index (χ1n) is 5.54. The Morgan fingerprint density at radius 1 is 1.26 bits per heavy atom. The van der Waals surface area contributed by atoms with E-state index in [0.717, 1.165) is 6.07 Å². The number of benzene rings is 2. The number of rotatable bonds is 2. The molecule has 0 aliphatic carbocycles. The van der Waals surface area contributed by atoms with Crippen LogP contribution in [0.4, 0.5) is 4.39 Å². The SMILES string of the molecule is COC(=O)c1ccc(-c2cccc(C#N)c2)c(F)c1. The summed E-state index contributed by atoms with van der Waals surface area (Å²) < 4.78 is 18.5. The molecule has 2 aromatic rings. The first-order chi connectivity index (χ1) is 9.15. The molecule has 0 aliphatic heterocycles. The summed E-state index contributed by atoms with van der Waals surface area (Å²) in [6, 6.07) is 12.7. The lowest BCUT2D eigenvalue weighted by Crippen LogP contribution is -2.01. The normalized spacial score (nSPS) is 9.74. The van der Waals surface area contributed by atoms with Crippen LogP contribution in [-0.2, 0) is 4.74 Å². The summed E-state index contributed by atoms with van der Waals surface area (Å²) in [7, 11) is 1.24. The predicted molar refractivity (Wildman–Crippen MR) is 67.9 cm³/mol. The molecule has 0 amide bonds. The monoisotopic (exact) mass is 255 g/mol. The molecule has 0 aromatic heterocycles. The van der Waals surface area contributed by atoms with Gasteiger partial charge in [0, 0.05) is 5.56 Å². The molecule has 3 nitrogen and oxygen atoms in total. The van der Waals surface area contributed by atoms with Crippen LogP contribution in [0.5, 0.6) is 0 Å². The first-order valence-corrected chi connectivity index (χ1v) is 5.54. The van der Waals surface area contributed by atoms with E-state index in [2.05, 4.69) is 4.74 Å². The van der Waals surface area contributed by atoms with E-state index in [1.165, 1.54) is 19.2 Å². The number of methoxy groups -OCH3 is 1. The molecule has 94 valence electrons. The van der Waals surface area contributed by atoms with E-state index < -0.39 is 11.8 Å². The van der Waals surface area contributed by atoms with Crippen LogP contribution < -0.4 is 0 Å². The Labute approximate surface area is 109 Å². The van der Waals surface area contributed by atoms with Gasteiger partial charge in [-0.1, -0.05) is 18.2 Å². The minimum absolute atomic E-state index is 0.153. The number of ether oxygens (including phenoxy) is 1. The van der Waals surface area contributed by atoms with Crippen molar-refractivity contribution in [3.05, 3.63) is 59.4 Å². The summed E-state index contributed by atoms with van der Waals surface area (Å²) in [5, 5.41) is 8.82. The molecule has 0 N–H and O–H groups in total. The van der Waals surface area contributed by atoms with Crippen molar-refractivity contribution in [3.8, 4) is 17.2 Å². The van der Waals surface area contributed by atoms with Gasteiger partial charge in [-0.05, 0) is 29.8 Å². The summed E-state index contributed by atoms with van der Waals surface area (Å²) >= 11 is 0. The minimum Gasteiger partial charge on any atom is -0.465 e. The molecule has 0 spiro atoms. The van der Waals surface area contributed by atoms with Gasteiger partial charge in [-0.3, -0.25) is 0 Å². The second-order valence-electron chi connectivity index (χ2n) is 3.88. The second kappa shape index (κ2) is 5.32. The third-order valence-electron chi connectivity index (χ3n) is 2.69. The Bertz CT molecular complexity index is 674. The van der Waals surface area contributed by atoms with Crippen LogP contribution >= 0.6 is 0 Å². The number of carbonyl (C=O) groups is 1. The number of nitrogens with zero attached hydrogens (tertiary/aromatic N) is 1. The molecule has 0 fully saturated rings. The molecule has 0 unspecified atom stereocenters. The third-order valence-corrected chi connectivity index (χ3v) is 2.69. The quantitative estimate of drug-likeness (QED) is 0.774. The van der Waals surface area contributed by atoms with Gasteiger partial charge in [0.15, 0.2) is 0 Å². The number of nitriles is 1. The van der Waals surface area contributed by atoms with Crippen molar-refractivity contribution in [2.75, 3.05) is 7.11 Å². The lowest BCUT2D eigenvalue weighted by Gasteiger charge is -2.06. The standard InChI is InChI=1S/C15H10FNO2/c1-19-15(18)12-5-6-13(14(16)8-12)11-4-2-3-10(7-11)9-17/h2-8H,1H3. The van der Waals surface area contributed by atoms with Crippen molar-refractivity contribution in [3.63, 3.8) is 0 Å². The molecule has 0 heterocycles. The summed E-state index contributed by atoms with van der Waals surface area (Å²) in [6.07, 6.45) is 0. The number of hydrogen-bond donors (Lipinski definition) is 0. The average Bonchev–Trinajstić information content (AvgIpc) is 2.46. The Hall–Kier alpha value is -2.67. The highest BCUT2D eigenvalue weighted by Crippen LogP contribution is 2.24. The van der Waals surface area contributed by atoms with E-state index in [4.69, 9.17) is 5.26 Å². The zero-order valence-electron chi connectivity index (χ0n) is 10.2. The van der Waals surface area contributed by atoms with E-state index in [9.17, 15) is 9.18 Å². The number of halogens is 1. The molecule has 4 heteroatoms. The zero-order chi connectivity index (χ0) is 13.8. The number of esters is 1. The maximum absolute atomic E-state index is 14.0. The highest BCUT2D eigenvalue weighted by molar-refractivity contribution is 5.90. The summed E-state index contributed by atoms with van der Waals surface area (Å²) in [4.78, 5) is 11.3. The van der Waals surface area contributed by atoms with Gasteiger partial charge in [0.2, 0.25) is 0 Å². The summed E-state index contributed by atoms with van der Waals surface area (Å²) in [6.45, 7) is 0. The highest BCUT2D eigenvalue weighted by Gasteiger charge is 2.11. The lowest BCUT2D eigenvalue weighted by molar-refractivity contribution is 0.0600. The summed E-state index contributed by atoms with van der Waals surface area (Å²) in [5.41, 5.74) is 1.53. The molecule has 0 bridgehead atoms. The molecule has 0 saturated carbocycles. The van der Waals surface area contributed by atoms with Crippen molar-refractivity contribution in [2.45, 2.75) is 0 Å². The first kappa shape index (κ1) is 12.8. The minimum atomic E-state index is -0.587. The Morgan fingerprint density at radius 3 is 2.68 bits per heavy atom. The van der Waals surface area contributed by atoms with Crippen LogP contribution in [0.15, 0.2) is 42.5 Å². The second-order valence-corrected chi connectivity index (χ2v) is 3.88. The lowest BCUT2D eigenvalue weighted by atomic mass is 10.0. The van der Waals surface area contributed by atoms with E-state index in [-0.39, 0.29) is 5.56 Å². The van der Waals surface area contributed by atoms with Crippen molar-refractivity contribution in [2.24, 2.45) is 0 Å². The Balaban J connectivity index is 2.46. The Morgan fingerprint density at radius 2 is 2.05 bits per heavy atom. The van der Waals surface area contributed by atoms with Crippen LogP contribution in [0, 0.1) is 17.1 Å². The maximum atomic E-state index is 14.0. The van der Waals surface area contributed by atoms with Crippen molar-refractivity contribution < 1.29 is 13.9 Å². The predicted octanol–water partition coefficient (Wildman–Crippen LogP) is 3.15. The van der Waals surface area contributed by atoms with Crippen molar-refractivity contribution in [1.29, 1.82) is 5.26 Å². The molecule has 0 atom stereocenters. The van der Waals surface area contributed by atoms with E-state index in [1.54, 1.807) is 24.3 Å². The molecule has 2 rings (SSSR count). The van der Waals surface area contributed by atoms with E-state index in [1.807, 2.05) is 6.07 Å². The fraction of sp³-hybridized carbons (Fsp3) is 0.0667. The van der Waals surface area contributed by atoms with Gasteiger partial charge in [0.25, 0.3) is 0 Å². The Kier molecular flexibility index (Phi) is 3.58. The largest absolute Gasteiger partial charge is 0.465 e. The fourth-order valence-electron chi connectivity index (χ4n) is 1.75. The van der Waals surface area contributed by atoms with Crippen LogP contribution in [0.2, 0.25) is 0 Å². The van der Waals surface area contributed by atoms with Crippen molar-refractivity contribution >= 4 is 5.97 Å². The van der Waals surface area contributed by atoms with Crippen molar-refractivity contribution in [1.82, 2.24) is 0 Å². The molecule has 19 heavy (non-hydrogen) atoms. The molecule has 0 aliphatic rings. The van der Waals surface area contributed by atoms with Crippen LogP contribution in [0.1, 0.15) is 15.9 Å². The zero-order valence-corrected chi connectivity index (χ0v) is 10.2. The third kappa shape index (κ3) is 2.61. The topological polar surface area (TPSA) is 50.1 Å². The smallest absolute Gasteiger partial charge is 0.337 e. The maximum Gasteiger partial charge on any atom is 0.337 e. The van der Waals surface area contributed by atoms with Gasteiger partial charge in [-0.25, -0.2) is 9.18 Å².